The number of rotatable bonds is 5. The van der Waals surface area contributed by atoms with Gasteiger partial charge >= 0.3 is 0 Å². The first kappa shape index (κ1) is 22.4. The number of nitrogens with zero attached hydrogens (tertiary/aromatic N) is 3. The molecule has 1 spiro atoms. The highest BCUT2D eigenvalue weighted by molar-refractivity contribution is 5.78. The normalized spacial score (nSPS) is 32.4. The number of phenols is 1. The van der Waals surface area contributed by atoms with Crippen molar-refractivity contribution >= 4 is 5.91 Å². The molecule has 36 heavy (non-hydrogen) atoms. The Morgan fingerprint density at radius 3 is 2.89 bits per heavy atom. The Morgan fingerprint density at radius 2 is 2.08 bits per heavy atom. The molecule has 0 unspecified atom stereocenters. The third-order valence-corrected chi connectivity index (χ3v) is 9.46. The molecule has 2 saturated heterocycles. The van der Waals surface area contributed by atoms with Crippen LogP contribution in [-0.4, -0.2) is 81.9 Å². The molecular formula is C28H33N3O5. The molecule has 4 atom stereocenters. The topological polar surface area (TPSA) is 95.4 Å². The fraction of sp³-hybridized carbons (Fsp3) is 0.571. The van der Waals surface area contributed by atoms with Crippen LogP contribution in [0.5, 0.6) is 17.4 Å². The van der Waals surface area contributed by atoms with E-state index in [4.69, 9.17) is 9.47 Å². The molecule has 4 heterocycles. The number of piperidine rings is 1. The zero-order valence-electron chi connectivity index (χ0n) is 20.7. The van der Waals surface area contributed by atoms with Gasteiger partial charge in [-0.05, 0) is 62.3 Å². The number of aromatic hydroxyl groups is 1. The lowest BCUT2D eigenvalue weighted by atomic mass is 9.52. The lowest BCUT2D eigenvalue weighted by Gasteiger charge is -2.60. The van der Waals surface area contributed by atoms with Crippen molar-refractivity contribution in [2.75, 3.05) is 33.3 Å². The van der Waals surface area contributed by atoms with Gasteiger partial charge < -0.3 is 24.6 Å². The van der Waals surface area contributed by atoms with Crippen LogP contribution in [0, 0.1) is 5.92 Å². The molecule has 8 heteroatoms. The van der Waals surface area contributed by atoms with E-state index in [1.165, 1.54) is 18.4 Å². The molecule has 2 aliphatic carbocycles. The Kier molecular flexibility index (Phi) is 4.86. The number of ether oxygens (including phenoxy) is 2. The molecule has 1 aromatic carbocycles. The summed E-state index contributed by atoms with van der Waals surface area (Å²) in [6.45, 7) is 2.78. The van der Waals surface area contributed by atoms with Crippen LogP contribution in [0.2, 0.25) is 0 Å². The highest BCUT2D eigenvalue weighted by Gasteiger charge is 2.71. The molecule has 2 aromatic rings. The van der Waals surface area contributed by atoms with Gasteiger partial charge in [0.05, 0.1) is 36.8 Å². The van der Waals surface area contributed by atoms with Crippen LogP contribution in [-0.2, 0) is 23.1 Å². The Hall–Kier alpha value is -2.84. The first-order chi connectivity index (χ1) is 17.4. The van der Waals surface area contributed by atoms with Crippen LogP contribution in [0.15, 0.2) is 30.3 Å². The predicted molar refractivity (Wildman–Crippen MR) is 131 cm³/mol. The van der Waals surface area contributed by atoms with Gasteiger partial charge in [0, 0.05) is 30.8 Å². The van der Waals surface area contributed by atoms with Crippen molar-refractivity contribution in [2.45, 2.75) is 61.7 Å². The molecule has 0 radical (unpaired) electrons. The van der Waals surface area contributed by atoms with E-state index < -0.39 is 17.1 Å². The van der Waals surface area contributed by atoms with Crippen LogP contribution in [0.1, 0.15) is 42.5 Å². The summed E-state index contributed by atoms with van der Waals surface area (Å²) in [6, 6.07) is 9.15. The number of hydrogen-bond donors (Lipinski definition) is 2. The van der Waals surface area contributed by atoms with E-state index in [1.807, 2.05) is 23.1 Å². The van der Waals surface area contributed by atoms with Crippen molar-refractivity contribution < 1.29 is 24.5 Å². The van der Waals surface area contributed by atoms with Gasteiger partial charge in [-0.15, -0.1) is 0 Å². The summed E-state index contributed by atoms with van der Waals surface area (Å²) >= 11 is 0. The van der Waals surface area contributed by atoms with E-state index in [9.17, 15) is 15.0 Å². The van der Waals surface area contributed by atoms with Crippen LogP contribution < -0.4 is 9.47 Å². The van der Waals surface area contributed by atoms with E-state index in [-0.39, 0.29) is 24.1 Å². The molecule has 1 saturated carbocycles. The molecule has 2 bridgehead atoms. The average Bonchev–Trinajstić information content (AvgIpc) is 3.64. The van der Waals surface area contributed by atoms with E-state index >= 15 is 0 Å². The van der Waals surface area contributed by atoms with Crippen LogP contribution in [0.4, 0.5) is 0 Å². The van der Waals surface area contributed by atoms with Crippen molar-refractivity contribution in [1.82, 2.24) is 14.8 Å². The number of aromatic nitrogens is 1. The van der Waals surface area contributed by atoms with Gasteiger partial charge in [-0.2, -0.15) is 0 Å². The van der Waals surface area contributed by atoms with Crippen molar-refractivity contribution in [2.24, 2.45) is 5.92 Å². The Balaban J connectivity index is 1.26. The first-order valence-corrected chi connectivity index (χ1v) is 13.2. The molecule has 1 amide bonds. The Bertz CT molecular complexity index is 1230. The van der Waals surface area contributed by atoms with Gasteiger partial charge in [0.25, 0.3) is 0 Å². The van der Waals surface area contributed by atoms with Gasteiger partial charge in [0.15, 0.2) is 11.5 Å². The molecule has 2 N–H and O–H groups in total. The van der Waals surface area contributed by atoms with E-state index in [0.29, 0.717) is 36.8 Å². The highest BCUT2D eigenvalue weighted by atomic mass is 16.5. The number of methoxy groups -OCH3 is 1. The SMILES string of the molecule is COc1cccc(CC(=O)N2CC[C@@]3(O)[C@H]4Cc5ccc(O)c6c5[C@@]3(CCN4CC3CC3)[C@H](C2)O6)n1. The molecule has 3 fully saturated rings. The van der Waals surface area contributed by atoms with Crippen molar-refractivity contribution in [3.63, 3.8) is 0 Å². The standard InChI is InChI=1S/C28H33N3O5/c1-35-23-4-2-3-19(29-23)14-24(33)31-12-10-28(34)21-13-18-7-8-20(32)26-25(18)27(28,22(16-31)36-26)9-11-30(21)15-17-5-6-17/h2-4,7-8,17,21-22,32,34H,5-6,9-16H2,1H3/t21-,22+,27-,28-/m1/s1. The van der Waals surface area contributed by atoms with Crippen molar-refractivity contribution in [3.8, 4) is 17.4 Å². The van der Waals surface area contributed by atoms with Crippen molar-refractivity contribution in [1.29, 1.82) is 0 Å². The van der Waals surface area contributed by atoms with Crippen LogP contribution in [0.3, 0.4) is 0 Å². The largest absolute Gasteiger partial charge is 0.504 e. The fourth-order valence-electron chi connectivity index (χ4n) is 7.57. The Labute approximate surface area is 210 Å². The van der Waals surface area contributed by atoms with Crippen LogP contribution >= 0.6 is 0 Å². The molecule has 3 aliphatic heterocycles. The first-order valence-electron chi connectivity index (χ1n) is 13.2. The lowest BCUT2D eigenvalue weighted by molar-refractivity contribution is -0.162. The van der Waals surface area contributed by atoms with Gasteiger partial charge in [0.2, 0.25) is 11.8 Å². The van der Waals surface area contributed by atoms with Crippen LogP contribution in [0.25, 0.3) is 0 Å². The number of aliphatic hydroxyl groups is 1. The minimum absolute atomic E-state index is 0.0175. The predicted octanol–water partition coefficient (Wildman–Crippen LogP) is 2.04. The molecular weight excluding hydrogens is 458 g/mol. The molecule has 5 aliphatic rings. The van der Waals surface area contributed by atoms with Crippen molar-refractivity contribution in [3.05, 3.63) is 47.2 Å². The Morgan fingerprint density at radius 1 is 1.22 bits per heavy atom. The number of carbonyl (C=O) groups is 1. The number of phenolic OH excluding ortho intramolecular Hbond substituents is 1. The third-order valence-electron chi connectivity index (χ3n) is 9.46. The zero-order valence-corrected chi connectivity index (χ0v) is 20.7. The van der Waals surface area contributed by atoms with Gasteiger partial charge in [0.1, 0.15) is 6.10 Å². The maximum absolute atomic E-state index is 13.5. The van der Waals surface area contributed by atoms with Gasteiger partial charge in [-0.3, -0.25) is 9.69 Å². The molecule has 8 nitrogen and oxygen atoms in total. The van der Waals surface area contributed by atoms with E-state index in [1.54, 1.807) is 19.2 Å². The second-order valence-electron chi connectivity index (χ2n) is 11.3. The monoisotopic (exact) mass is 491 g/mol. The number of carbonyl (C=O) groups excluding carboxylic acids is 1. The smallest absolute Gasteiger partial charge is 0.228 e. The highest BCUT2D eigenvalue weighted by Crippen LogP contribution is 2.63. The van der Waals surface area contributed by atoms with Gasteiger partial charge in [-0.25, -0.2) is 4.98 Å². The quantitative estimate of drug-likeness (QED) is 0.661. The summed E-state index contributed by atoms with van der Waals surface area (Å²) in [5.41, 5.74) is 1.16. The second-order valence-corrected chi connectivity index (χ2v) is 11.3. The number of hydrogen-bond acceptors (Lipinski definition) is 7. The number of pyridine rings is 1. The fourth-order valence-corrected chi connectivity index (χ4v) is 7.57. The van der Waals surface area contributed by atoms with Gasteiger partial charge in [-0.1, -0.05) is 12.1 Å². The van der Waals surface area contributed by atoms with E-state index in [0.717, 1.165) is 37.4 Å². The number of likely N-dealkylation sites (tertiary alicyclic amines) is 2. The van der Waals surface area contributed by atoms with E-state index in [2.05, 4.69) is 9.88 Å². The second kappa shape index (κ2) is 7.83. The summed E-state index contributed by atoms with van der Waals surface area (Å²) in [5.74, 6) is 1.80. The zero-order chi connectivity index (χ0) is 24.7. The summed E-state index contributed by atoms with van der Waals surface area (Å²) < 4.78 is 11.7. The number of amides is 1. The third kappa shape index (κ3) is 3.07. The summed E-state index contributed by atoms with van der Waals surface area (Å²) in [4.78, 5) is 22.3. The summed E-state index contributed by atoms with van der Waals surface area (Å²) in [5, 5.41) is 23.4. The molecule has 7 rings (SSSR count). The maximum atomic E-state index is 13.5. The maximum Gasteiger partial charge on any atom is 0.228 e. The summed E-state index contributed by atoms with van der Waals surface area (Å²) in [7, 11) is 1.56. The number of benzene rings is 1. The lowest BCUT2D eigenvalue weighted by Crippen LogP contribution is -2.74. The summed E-state index contributed by atoms with van der Waals surface area (Å²) in [6.07, 6.45) is 4.30. The average molecular weight is 492 g/mol. The minimum atomic E-state index is -1.03. The molecule has 1 aromatic heterocycles. The minimum Gasteiger partial charge on any atom is -0.504 e. The molecule has 190 valence electrons.